The Balaban J connectivity index is 1.98. The molecule has 0 heterocycles. The molecule has 0 fully saturated rings. The van der Waals surface area contributed by atoms with Crippen LogP contribution in [-0.4, -0.2) is 5.91 Å². The Labute approximate surface area is 123 Å². The van der Waals surface area contributed by atoms with Crippen molar-refractivity contribution in [1.82, 2.24) is 0 Å². The smallest absolute Gasteiger partial charge is 0.224 e. The number of nitrogens with one attached hydrogen (secondary N) is 1. The lowest BCUT2D eigenvalue weighted by atomic mass is 10.2. The molecule has 1 amide bonds. The lowest BCUT2D eigenvalue weighted by Crippen LogP contribution is -2.10. The zero-order valence-electron chi connectivity index (χ0n) is 11.9. The molecule has 0 aliphatic heterocycles. The number of hydrogen-bond donors (Lipinski definition) is 2. The Morgan fingerprint density at radius 1 is 1.00 bits per heavy atom. The average molecular weight is 282 g/mol. The van der Waals surface area contributed by atoms with Gasteiger partial charge in [0.15, 0.2) is 0 Å². The SMILES string of the molecule is CCCC(=O)Nc1ccc(/N=N/c2ccc(N)cc2)cc1. The quantitative estimate of drug-likeness (QED) is 0.628. The maximum absolute atomic E-state index is 11.5. The molecule has 0 radical (unpaired) electrons. The summed E-state index contributed by atoms with van der Waals surface area (Å²) in [5, 5.41) is 11.1. The van der Waals surface area contributed by atoms with E-state index in [4.69, 9.17) is 5.73 Å². The molecule has 2 aromatic rings. The summed E-state index contributed by atoms with van der Waals surface area (Å²) >= 11 is 0. The van der Waals surface area contributed by atoms with Gasteiger partial charge in [-0.3, -0.25) is 4.79 Å². The van der Waals surface area contributed by atoms with E-state index in [1.165, 1.54) is 0 Å². The van der Waals surface area contributed by atoms with Gasteiger partial charge in [-0.15, -0.1) is 0 Å². The highest BCUT2D eigenvalue weighted by atomic mass is 16.1. The van der Waals surface area contributed by atoms with Crippen LogP contribution in [0.1, 0.15) is 19.8 Å². The molecule has 21 heavy (non-hydrogen) atoms. The molecule has 0 aliphatic rings. The molecule has 0 saturated carbocycles. The number of carbonyl (C=O) groups is 1. The van der Waals surface area contributed by atoms with E-state index >= 15 is 0 Å². The van der Waals surface area contributed by atoms with E-state index in [0.717, 1.165) is 23.5 Å². The van der Waals surface area contributed by atoms with Gasteiger partial charge in [0.05, 0.1) is 11.4 Å². The first-order valence-corrected chi connectivity index (χ1v) is 6.84. The fraction of sp³-hybridized carbons (Fsp3) is 0.188. The van der Waals surface area contributed by atoms with Crippen LogP contribution < -0.4 is 11.1 Å². The summed E-state index contributed by atoms with van der Waals surface area (Å²) in [6.07, 6.45) is 1.36. The van der Waals surface area contributed by atoms with Gasteiger partial charge in [0.2, 0.25) is 5.91 Å². The van der Waals surface area contributed by atoms with E-state index < -0.39 is 0 Å². The molecule has 0 saturated heterocycles. The second-order valence-electron chi connectivity index (χ2n) is 4.64. The van der Waals surface area contributed by atoms with Crippen LogP contribution >= 0.6 is 0 Å². The number of rotatable bonds is 5. The number of anilines is 2. The van der Waals surface area contributed by atoms with Gasteiger partial charge in [-0.25, -0.2) is 0 Å². The van der Waals surface area contributed by atoms with Crippen LogP contribution in [0.5, 0.6) is 0 Å². The van der Waals surface area contributed by atoms with Crippen molar-refractivity contribution in [1.29, 1.82) is 0 Å². The molecule has 5 nitrogen and oxygen atoms in total. The van der Waals surface area contributed by atoms with Crippen LogP contribution in [-0.2, 0) is 4.79 Å². The molecule has 0 bridgehead atoms. The second-order valence-corrected chi connectivity index (χ2v) is 4.64. The molecule has 0 atom stereocenters. The number of azo groups is 1. The van der Waals surface area contributed by atoms with Gasteiger partial charge in [0.25, 0.3) is 0 Å². The Hall–Kier alpha value is -2.69. The van der Waals surface area contributed by atoms with Crippen LogP contribution in [0.4, 0.5) is 22.7 Å². The van der Waals surface area contributed by atoms with Crippen molar-refractivity contribution in [2.75, 3.05) is 11.1 Å². The fourth-order valence-corrected chi connectivity index (χ4v) is 1.72. The van der Waals surface area contributed by atoms with E-state index in [1.807, 2.05) is 31.2 Å². The van der Waals surface area contributed by atoms with Crippen LogP contribution in [0.15, 0.2) is 58.8 Å². The number of nitrogens with zero attached hydrogens (tertiary/aromatic N) is 2. The van der Waals surface area contributed by atoms with Crippen LogP contribution in [0, 0.1) is 0 Å². The van der Waals surface area contributed by atoms with Crippen molar-refractivity contribution < 1.29 is 4.79 Å². The molecule has 0 unspecified atom stereocenters. The summed E-state index contributed by atoms with van der Waals surface area (Å²) in [4.78, 5) is 11.5. The van der Waals surface area contributed by atoms with Crippen molar-refractivity contribution in [3.05, 3.63) is 48.5 Å². The van der Waals surface area contributed by atoms with Crippen molar-refractivity contribution in [3.8, 4) is 0 Å². The molecule has 2 rings (SSSR count). The molecule has 5 heteroatoms. The minimum Gasteiger partial charge on any atom is -0.399 e. The van der Waals surface area contributed by atoms with E-state index in [1.54, 1.807) is 24.3 Å². The average Bonchev–Trinajstić information content (AvgIpc) is 2.48. The Morgan fingerprint density at radius 3 is 2.05 bits per heavy atom. The Kier molecular flexibility index (Phi) is 5.04. The Bertz CT molecular complexity index is 618. The minimum atomic E-state index is 0.0220. The van der Waals surface area contributed by atoms with Gasteiger partial charge in [-0.2, -0.15) is 10.2 Å². The van der Waals surface area contributed by atoms with Gasteiger partial charge < -0.3 is 11.1 Å². The van der Waals surface area contributed by atoms with Gasteiger partial charge in [0, 0.05) is 17.8 Å². The highest BCUT2D eigenvalue weighted by Crippen LogP contribution is 2.21. The van der Waals surface area contributed by atoms with Gasteiger partial charge in [-0.1, -0.05) is 6.92 Å². The van der Waals surface area contributed by atoms with Gasteiger partial charge in [0.1, 0.15) is 0 Å². The monoisotopic (exact) mass is 282 g/mol. The number of nitrogen functional groups attached to an aromatic ring is 1. The number of hydrogen-bond acceptors (Lipinski definition) is 4. The topological polar surface area (TPSA) is 79.8 Å². The lowest BCUT2D eigenvalue weighted by Gasteiger charge is -2.03. The maximum atomic E-state index is 11.5. The summed E-state index contributed by atoms with van der Waals surface area (Å²) in [5.74, 6) is 0.0220. The van der Waals surface area contributed by atoms with Crippen molar-refractivity contribution in [2.24, 2.45) is 10.2 Å². The number of amides is 1. The third kappa shape index (κ3) is 4.72. The molecular weight excluding hydrogens is 264 g/mol. The van der Waals surface area contributed by atoms with Crippen molar-refractivity contribution in [3.63, 3.8) is 0 Å². The highest BCUT2D eigenvalue weighted by Gasteiger charge is 2.00. The first kappa shape index (κ1) is 14.7. The molecule has 2 aromatic carbocycles. The predicted molar refractivity (Wildman–Crippen MR) is 85.0 cm³/mol. The molecule has 0 aromatic heterocycles. The zero-order chi connectivity index (χ0) is 15.1. The molecule has 3 N–H and O–H groups in total. The molecule has 0 aliphatic carbocycles. The van der Waals surface area contributed by atoms with E-state index in [2.05, 4.69) is 15.5 Å². The zero-order valence-corrected chi connectivity index (χ0v) is 11.9. The molecule has 108 valence electrons. The first-order chi connectivity index (χ1) is 10.2. The van der Waals surface area contributed by atoms with Crippen LogP contribution in [0.25, 0.3) is 0 Å². The minimum absolute atomic E-state index is 0.0220. The predicted octanol–water partition coefficient (Wildman–Crippen LogP) is 4.42. The van der Waals surface area contributed by atoms with E-state index in [-0.39, 0.29) is 5.91 Å². The Morgan fingerprint density at radius 2 is 1.52 bits per heavy atom. The van der Waals surface area contributed by atoms with E-state index in [9.17, 15) is 4.79 Å². The van der Waals surface area contributed by atoms with Gasteiger partial charge in [-0.05, 0) is 55.0 Å². The standard InChI is InChI=1S/C16H18N4O/c1-2-3-16(21)18-13-8-10-15(11-9-13)20-19-14-6-4-12(17)5-7-14/h4-11H,2-3,17H2,1H3,(H,18,21)/b20-19+. The second kappa shape index (κ2) is 7.19. The summed E-state index contributed by atoms with van der Waals surface area (Å²) in [6, 6.07) is 14.4. The lowest BCUT2D eigenvalue weighted by molar-refractivity contribution is -0.116. The third-order valence-electron chi connectivity index (χ3n) is 2.80. The summed E-state index contributed by atoms with van der Waals surface area (Å²) in [6.45, 7) is 1.97. The van der Waals surface area contributed by atoms with Crippen molar-refractivity contribution >= 4 is 28.7 Å². The molecule has 0 spiro atoms. The van der Waals surface area contributed by atoms with Crippen LogP contribution in [0.3, 0.4) is 0 Å². The molecular formula is C16H18N4O. The largest absolute Gasteiger partial charge is 0.399 e. The van der Waals surface area contributed by atoms with Gasteiger partial charge >= 0.3 is 0 Å². The number of carbonyl (C=O) groups excluding carboxylic acids is 1. The number of benzene rings is 2. The van der Waals surface area contributed by atoms with E-state index in [0.29, 0.717) is 12.1 Å². The summed E-state index contributed by atoms with van der Waals surface area (Å²) < 4.78 is 0. The maximum Gasteiger partial charge on any atom is 0.224 e. The van der Waals surface area contributed by atoms with Crippen molar-refractivity contribution in [2.45, 2.75) is 19.8 Å². The summed E-state index contributed by atoms with van der Waals surface area (Å²) in [5.41, 5.74) is 8.53. The normalized spacial score (nSPS) is 10.7. The van der Waals surface area contributed by atoms with Crippen LogP contribution in [0.2, 0.25) is 0 Å². The first-order valence-electron chi connectivity index (χ1n) is 6.84. The fourth-order valence-electron chi connectivity index (χ4n) is 1.72. The third-order valence-corrected chi connectivity index (χ3v) is 2.80. The summed E-state index contributed by atoms with van der Waals surface area (Å²) in [7, 11) is 0. The highest BCUT2D eigenvalue weighted by molar-refractivity contribution is 5.90. The number of nitrogens with two attached hydrogens (primary N) is 1.